The zero-order valence-corrected chi connectivity index (χ0v) is 10.7. The Labute approximate surface area is 101 Å². The first-order valence-corrected chi connectivity index (χ1v) is 6.92. The molecule has 0 unspecified atom stereocenters. The molecule has 0 heterocycles. The van der Waals surface area contributed by atoms with E-state index >= 15 is 0 Å². The monoisotopic (exact) mass is 238 g/mol. The first-order chi connectivity index (χ1) is 7.77. The van der Waals surface area contributed by atoms with Crippen molar-refractivity contribution in [3.8, 4) is 5.75 Å². The van der Waals surface area contributed by atoms with Gasteiger partial charge >= 0.3 is 0 Å². The standard InChI is InChI=1S/C13H18O2S/c1-3-8-15-12-6-4-5-11(10-12)13(14)7-9-16-2/h4-6,10H,3,7-9H2,1-2H3. The molecule has 0 fully saturated rings. The van der Waals surface area contributed by atoms with Crippen LogP contribution >= 0.6 is 11.8 Å². The summed E-state index contributed by atoms with van der Waals surface area (Å²) >= 11 is 1.69. The van der Waals surface area contributed by atoms with Crippen LogP contribution in [-0.2, 0) is 0 Å². The summed E-state index contributed by atoms with van der Waals surface area (Å²) in [6, 6.07) is 7.44. The molecule has 0 atom stereocenters. The smallest absolute Gasteiger partial charge is 0.163 e. The van der Waals surface area contributed by atoms with Crippen LogP contribution in [0.2, 0.25) is 0 Å². The van der Waals surface area contributed by atoms with E-state index in [0.717, 1.165) is 23.5 Å². The SMILES string of the molecule is CCCOc1cccc(C(=O)CCSC)c1. The largest absolute Gasteiger partial charge is 0.494 e. The summed E-state index contributed by atoms with van der Waals surface area (Å²) in [6.07, 6.45) is 3.58. The molecule has 0 aliphatic heterocycles. The van der Waals surface area contributed by atoms with E-state index < -0.39 is 0 Å². The number of carbonyl (C=O) groups excluding carboxylic acids is 1. The summed E-state index contributed by atoms with van der Waals surface area (Å²) in [4.78, 5) is 11.8. The Kier molecular flexibility index (Phi) is 6.01. The molecular formula is C13H18O2S. The molecule has 0 saturated heterocycles. The van der Waals surface area contributed by atoms with Crippen LogP contribution in [0.5, 0.6) is 5.75 Å². The van der Waals surface area contributed by atoms with Crippen molar-refractivity contribution in [2.45, 2.75) is 19.8 Å². The number of thioether (sulfide) groups is 1. The van der Waals surface area contributed by atoms with Crippen LogP contribution in [0.15, 0.2) is 24.3 Å². The molecule has 0 aliphatic carbocycles. The highest BCUT2D eigenvalue weighted by Gasteiger charge is 2.06. The van der Waals surface area contributed by atoms with Crippen molar-refractivity contribution in [3.05, 3.63) is 29.8 Å². The van der Waals surface area contributed by atoms with Crippen LogP contribution in [0, 0.1) is 0 Å². The topological polar surface area (TPSA) is 26.3 Å². The van der Waals surface area contributed by atoms with Crippen molar-refractivity contribution in [2.75, 3.05) is 18.6 Å². The van der Waals surface area contributed by atoms with E-state index in [2.05, 4.69) is 6.92 Å². The van der Waals surface area contributed by atoms with Crippen molar-refractivity contribution < 1.29 is 9.53 Å². The zero-order chi connectivity index (χ0) is 11.8. The molecule has 0 bridgehead atoms. The molecule has 3 heteroatoms. The summed E-state index contributed by atoms with van der Waals surface area (Å²) in [5.41, 5.74) is 0.752. The highest BCUT2D eigenvalue weighted by molar-refractivity contribution is 7.98. The Bertz CT molecular complexity index is 336. The highest BCUT2D eigenvalue weighted by Crippen LogP contribution is 2.15. The minimum Gasteiger partial charge on any atom is -0.494 e. The lowest BCUT2D eigenvalue weighted by Crippen LogP contribution is -2.02. The van der Waals surface area contributed by atoms with Crippen LogP contribution in [0.4, 0.5) is 0 Å². The summed E-state index contributed by atoms with van der Waals surface area (Å²) < 4.78 is 5.49. The Hall–Kier alpha value is -0.960. The van der Waals surface area contributed by atoms with Crippen LogP contribution in [-0.4, -0.2) is 24.4 Å². The fourth-order valence-corrected chi connectivity index (χ4v) is 1.71. The first-order valence-electron chi connectivity index (χ1n) is 5.53. The van der Waals surface area contributed by atoms with Gasteiger partial charge in [0.15, 0.2) is 5.78 Å². The molecule has 0 radical (unpaired) electrons. The van der Waals surface area contributed by atoms with Crippen molar-refractivity contribution in [1.29, 1.82) is 0 Å². The summed E-state index contributed by atoms with van der Waals surface area (Å²) in [6.45, 7) is 2.76. The number of ketones is 1. The molecule has 1 aromatic carbocycles. The van der Waals surface area contributed by atoms with Gasteiger partial charge in [0.1, 0.15) is 5.75 Å². The van der Waals surface area contributed by atoms with Gasteiger partial charge < -0.3 is 4.74 Å². The van der Waals surface area contributed by atoms with E-state index in [1.165, 1.54) is 0 Å². The Balaban J connectivity index is 2.62. The van der Waals surface area contributed by atoms with Crippen LogP contribution in [0.25, 0.3) is 0 Å². The van der Waals surface area contributed by atoms with E-state index in [0.29, 0.717) is 13.0 Å². The van der Waals surface area contributed by atoms with E-state index in [9.17, 15) is 4.79 Å². The summed E-state index contributed by atoms with van der Waals surface area (Å²) in [5, 5.41) is 0. The van der Waals surface area contributed by atoms with Gasteiger partial charge in [0, 0.05) is 17.7 Å². The molecule has 2 nitrogen and oxygen atoms in total. The number of ether oxygens (including phenoxy) is 1. The second kappa shape index (κ2) is 7.34. The Morgan fingerprint density at radius 1 is 1.44 bits per heavy atom. The minimum absolute atomic E-state index is 0.191. The molecule has 0 spiro atoms. The van der Waals surface area contributed by atoms with Gasteiger partial charge in [-0.2, -0.15) is 11.8 Å². The second-order valence-corrected chi connectivity index (χ2v) is 4.53. The lowest BCUT2D eigenvalue weighted by atomic mass is 10.1. The van der Waals surface area contributed by atoms with Gasteiger partial charge in [-0.3, -0.25) is 4.79 Å². The van der Waals surface area contributed by atoms with E-state index in [1.54, 1.807) is 11.8 Å². The molecule has 0 amide bonds. The fraction of sp³-hybridized carbons (Fsp3) is 0.462. The van der Waals surface area contributed by atoms with Crippen molar-refractivity contribution >= 4 is 17.5 Å². The first kappa shape index (κ1) is 13.1. The third-order valence-corrected chi connectivity index (χ3v) is 2.77. The molecular weight excluding hydrogens is 220 g/mol. The maximum absolute atomic E-state index is 11.8. The van der Waals surface area contributed by atoms with Crippen molar-refractivity contribution in [1.82, 2.24) is 0 Å². The van der Waals surface area contributed by atoms with Gasteiger partial charge in [-0.25, -0.2) is 0 Å². The lowest BCUT2D eigenvalue weighted by molar-refractivity contribution is 0.0989. The second-order valence-electron chi connectivity index (χ2n) is 3.54. The number of hydrogen-bond donors (Lipinski definition) is 0. The Morgan fingerprint density at radius 2 is 2.25 bits per heavy atom. The van der Waals surface area contributed by atoms with Gasteiger partial charge in [0.05, 0.1) is 6.61 Å². The van der Waals surface area contributed by atoms with Crippen molar-refractivity contribution in [2.24, 2.45) is 0 Å². The maximum Gasteiger partial charge on any atom is 0.163 e. The molecule has 16 heavy (non-hydrogen) atoms. The fourth-order valence-electron chi connectivity index (χ4n) is 1.32. The molecule has 0 aliphatic rings. The average Bonchev–Trinajstić information content (AvgIpc) is 2.33. The number of hydrogen-bond acceptors (Lipinski definition) is 3. The third kappa shape index (κ3) is 4.27. The molecule has 0 N–H and O–H groups in total. The molecule has 0 aromatic heterocycles. The van der Waals surface area contributed by atoms with Gasteiger partial charge in [0.25, 0.3) is 0 Å². The predicted octanol–water partition coefficient (Wildman–Crippen LogP) is 3.41. The number of rotatable bonds is 7. The van der Waals surface area contributed by atoms with Gasteiger partial charge in [0.2, 0.25) is 0 Å². The molecule has 1 aromatic rings. The minimum atomic E-state index is 0.191. The van der Waals surface area contributed by atoms with Gasteiger partial charge in [-0.05, 0) is 24.8 Å². The highest BCUT2D eigenvalue weighted by atomic mass is 32.2. The van der Waals surface area contributed by atoms with Gasteiger partial charge in [-0.15, -0.1) is 0 Å². The van der Waals surface area contributed by atoms with E-state index in [1.807, 2.05) is 30.5 Å². The lowest BCUT2D eigenvalue weighted by Gasteiger charge is -2.06. The molecule has 1 rings (SSSR count). The number of carbonyl (C=O) groups is 1. The average molecular weight is 238 g/mol. The molecule has 0 saturated carbocycles. The quantitative estimate of drug-likeness (QED) is 0.681. The van der Waals surface area contributed by atoms with Crippen LogP contribution < -0.4 is 4.74 Å². The van der Waals surface area contributed by atoms with Crippen molar-refractivity contribution in [3.63, 3.8) is 0 Å². The number of Topliss-reactive ketones (excluding diaryl/α,β-unsaturated/α-hetero) is 1. The summed E-state index contributed by atoms with van der Waals surface area (Å²) in [7, 11) is 0. The normalized spacial score (nSPS) is 10.1. The zero-order valence-electron chi connectivity index (χ0n) is 9.86. The predicted molar refractivity (Wildman–Crippen MR) is 69.6 cm³/mol. The van der Waals surface area contributed by atoms with Gasteiger partial charge in [-0.1, -0.05) is 19.1 Å². The Morgan fingerprint density at radius 3 is 2.94 bits per heavy atom. The van der Waals surface area contributed by atoms with E-state index in [-0.39, 0.29) is 5.78 Å². The van der Waals surface area contributed by atoms with Crippen LogP contribution in [0.3, 0.4) is 0 Å². The van der Waals surface area contributed by atoms with E-state index in [4.69, 9.17) is 4.74 Å². The van der Waals surface area contributed by atoms with Crippen LogP contribution in [0.1, 0.15) is 30.1 Å². The third-order valence-electron chi connectivity index (χ3n) is 2.16. The maximum atomic E-state index is 11.8. The summed E-state index contributed by atoms with van der Waals surface area (Å²) in [5.74, 6) is 1.85. The molecule has 88 valence electrons. The number of benzene rings is 1.